The number of amides is 1. The maximum atomic E-state index is 12.1. The SMILES string of the molecule is CN(Cc1ccc2nsnc2c1)C(=O)C1C=CCN1.Cl. The lowest BCUT2D eigenvalue weighted by Gasteiger charge is -2.20. The number of aromatic nitrogens is 2. The average Bonchev–Trinajstić information content (AvgIpc) is 3.08. The first-order valence-corrected chi connectivity index (χ1v) is 6.83. The summed E-state index contributed by atoms with van der Waals surface area (Å²) < 4.78 is 8.38. The molecule has 1 atom stereocenters. The van der Waals surface area contributed by atoms with Gasteiger partial charge in [0.25, 0.3) is 0 Å². The molecule has 0 spiro atoms. The third kappa shape index (κ3) is 2.98. The summed E-state index contributed by atoms with van der Waals surface area (Å²) in [7, 11) is 1.82. The molecule has 106 valence electrons. The van der Waals surface area contributed by atoms with Gasteiger partial charge in [0, 0.05) is 20.1 Å². The Morgan fingerprint density at radius 2 is 2.25 bits per heavy atom. The zero-order chi connectivity index (χ0) is 13.2. The van der Waals surface area contributed by atoms with Crippen LogP contribution in [0.4, 0.5) is 0 Å². The van der Waals surface area contributed by atoms with Gasteiger partial charge in [-0.25, -0.2) is 0 Å². The first kappa shape index (κ1) is 14.9. The van der Waals surface area contributed by atoms with E-state index in [0.717, 1.165) is 23.1 Å². The molecule has 0 bridgehead atoms. The molecule has 1 amide bonds. The largest absolute Gasteiger partial charge is 0.340 e. The number of nitrogens with one attached hydrogen (secondary N) is 1. The summed E-state index contributed by atoms with van der Waals surface area (Å²) in [5, 5.41) is 3.13. The van der Waals surface area contributed by atoms with E-state index in [0.29, 0.717) is 6.54 Å². The second-order valence-electron chi connectivity index (χ2n) is 4.60. The van der Waals surface area contributed by atoms with Crippen molar-refractivity contribution < 1.29 is 4.79 Å². The van der Waals surface area contributed by atoms with Gasteiger partial charge in [-0.05, 0) is 17.7 Å². The number of carbonyl (C=O) groups excluding carboxylic acids is 1. The van der Waals surface area contributed by atoms with Crippen LogP contribution in [0.25, 0.3) is 11.0 Å². The van der Waals surface area contributed by atoms with Crippen molar-refractivity contribution in [2.24, 2.45) is 0 Å². The molecule has 2 heterocycles. The lowest BCUT2D eigenvalue weighted by atomic mass is 10.1. The van der Waals surface area contributed by atoms with Crippen molar-refractivity contribution >= 4 is 41.1 Å². The van der Waals surface area contributed by atoms with Crippen molar-refractivity contribution in [2.45, 2.75) is 12.6 Å². The molecule has 3 rings (SSSR count). The van der Waals surface area contributed by atoms with Gasteiger partial charge in [-0.1, -0.05) is 18.2 Å². The molecular weight excluding hydrogens is 296 g/mol. The third-order valence-electron chi connectivity index (χ3n) is 3.16. The second kappa shape index (κ2) is 6.30. The normalized spacial score (nSPS) is 17.1. The Bertz CT molecular complexity index is 642. The monoisotopic (exact) mass is 310 g/mol. The molecule has 0 aliphatic carbocycles. The molecule has 5 nitrogen and oxygen atoms in total. The first-order valence-electron chi connectivity index (χ1n) is 6.10. The summed E-state index contributed by atoms with van der Waals surface area (Å²) >= 11 is 1.21. The van der Waals surface area contributed by atoms with E-state index in [2.05, 4.69) is 14.1 Å². The minimum absolute atomic E-state index is 0. The fraction of sp³-hybridized carbons (Fsp3) is 0.308. The van der Waals surface area contributed by atoms with Gasteiger partial charge in [-0.3, -0.25) is 10.1 Å². The Morgan fingerprint density at radius 3 is 3.00 bits per heavy atom. The summed E-state index contributed by atoms with van der Waals surface area (Å²) in [6.07, 6.45) is 3.88. The van der Waals surface area contributed by atoms with E-state index >= 15 is 0 Å². The quantitative estimate of drug-likeness (QED) is 0.875. The van der Waals surface area contributed by atoms with Crippen LogP contribution in [0, 0.1) is 0 Å². The zero-order valence-electron chi connectivity index (χ0n) is 10.9. The van der Waals surface area contributed by atoms with Gasteiger partial charge in [-0.15, -0.1) is 12.4 Å². The highest BCUT2D eigenvalue weighted by atomic mass is 35.5. The number of carbonyl (C=O) groups is 1. The molecule has 1 N–H and O–H groups in total. The predicted octanol–water partition coefficient (Wildman–Crippen LogP) is 1.60. The molecule has 20 heavy (non-hydrogen) atoms. The minimum Gasteiger partial charge on any atom is -0.340 e. The van der Waals surface area contributed by atoms with E-state index in [4.69, 9.17) is 0 Å². The Morgan fingerprint density at radius 1 is 1.45 bits per heavy atom. The van der Waals surface area contributed by atoms with Crippen LogP contribution in [0.15, 0.2) is 30.4 Å². The molecule has 0 saturated carbocycles. The highest BCUT2D eigenvalue weighted by Crippen LogP contribution is 2.15. The number of hydrogen-bond acceptors (Lipinski definition) is 5. The number of benzene rings is 1. The predicted molar refractivity (Wildman–Crippen MR) is 82.1 cm³/mol. The number of fused-ring (bicyclic) bond motifs is 1. The summed E-state index contributed by atoms with van der Waals surface area (Å²) in [4.78, 5) is 13.9. The molecule has 1 aromatic carbocycles. The molecule has 2 aromatic rings. The molecule has 0 fully saturated rings. The number of likely N-dealkylation sites (N-methyl/N-ethyl adjacent to an activating group) is 1. The number of hydrogen-bond donors (Lipinski definition) is 1. The van der Waals surface area contributed by atoms with Crippen LogP contribution in [0.3, 0.4) is 0 Å². The van der Waals surface area contributed by atoms with Crippen LogP contribution in [0.1, 0.15) is 5.56 Å². The molecule has 0 radical (unpaired) electrons. The van der Waals surface area contributed by atoms with Crippen LogP contribution in [-0.2, 0) is 11.3 Å². The molecule has 0 saturated heterocycles. The number of rotatable bonds is 3. The van der Waals surface area contributed by atoms with E-state index in [1.807, 2.05) is 37.4 Å². The Kier molecular flexibility index (Phi) is 4.69. The molecule has 1 aliphatic rings. The smallest absolute Gasteiger partial charge is 0.243 e. The summed E-state index contributed by atoms with van der Waals surface area (Å²) in [6, 6.07) is 5.74. The standard InChI is InChI=1S/C13H14N4OS.ClH/c1-17(13(18)11-3-2-6-14-11)8-9-4-5-10-12(7-9)16-19-15-10;/h2-5,7,11,14H,6,8H2,1H3;1H. The maximum absolute atomic E-state index is 12.1. The average molecular weight is 311 g/mol. The van der Waals surface area contributed by atoms with E-state index in [1.165, 1.54) is 11.7 Å². The van der Waals surface area contributed by atoms with Crippen molar-refractivity contribution in [3.63, 3.8) is 0 Å². The van der Waals surface area contributed by atoms with Crippen molar-refractivity contribution in [1.29, 1.82) is 0 Å². The van der Waals surface area contributed by atoms with Gasteiger partial charge < -0.3 is 4.90 Å². The van der Waals surface area contributed by atoms with Gasteiger partial charge in [-0.2, -0.15) is 8.75 Å². The van der Waals surface area contributed by atoms with Crippen molar-refractivity contribution in [3.05, 3.63) is 35.9 Å². The van der Waals surface area contributed by atoms with Crippen LogP contribution in [-0.4, -0.2) is 39.2 Å². The fourth-order valence-corrected chi connectivity index (χ4v) is 2.67. The van der Waals surface area contributed by atoms with Crippen LogP contribution < -0.4 is 5.32 Å². The van der Waals surface area contributed by atoms with Gasteiger partial charge in [0.05, 0.1) is 11.7 Å². The molecule has 7 heteroatoms. The number of nitrogens with zero attached hydrogens (tertiary/aromatic N) is 3. The van der Waals surface area contributed by atoms with Crippen LogP contribution >= 0.6 is 24.1 Å². The second-order valence-corrected chi connectivity index (χ2v) is 5.12. The lowest BCUT2D eigenvalue weighted by molar-refractivity contribution is -0.131. The fourth-order valence-electron chi connectivity index (χ4n) is 2.15. The highest BCUT2D eigenvalue weighted by Gasteiger charge is 2.21. The Hall–Kier alpha value is -1.50. The molecule has 1 aliphatic heterocycles. The summed E-state index contributed by atoms with van der Waals surface area (Å²) in [5.41, 5.74) is 2.86. The summed E-state index contributed by atoms with van der Waals surface area (Å²) in [5.74, 6) is 0.0882. The third-order valence-corrected chi connectivity index (χ3v) is 3.72. The van der Waals surface area contributed by atoms with E-state index in [1.54, 1.807) is 4.90 Å². The van der Waals surface area contributed by atoms with Crippen molar-refractivity contribution in [3.8, 4) is 0 Å². The Labute approximate surface area is 127 Å². The van der Waals surface area contributed by atoms with Crippen molar-refractivity contribution in [1.82, 2.24) is 19.0 Å². The lowest BCUT2D eigenvalue weighted by Crippen LogP contribution is -2.41. The van der Waals surface area contributed by atoms with Gasteiger partial charge in [0.1, 0.15) is 17.1 Å². The first-order chi connectivity index (χ1) is 9.24. The van der Waals surface area contributed by atoms with E-state index in [9.17, 15) is 4.79 Å². The molecule has 1 aromatic heterocycles. The van der Waals surface area contributed by atoms with Crippen molar-refractivity contribution in [2.75, 3.05) is 13.6 Å². The van der Waals surface area contributed by atoms with E-state index in [-0.39, 0.29) is 24.4 Å². The topological polar surface area (TPSA) is 58.1 Å². The van der Waals surface area contributed by atoms with Crippen LogP contribution in [0.5, 0.6) is 0 Å². The zero-order valence-corrected chi connectivity index (χ0v) is 12.6. The maximum Gasteiger partial charge on any atom is 0.243 e. The summed E-state index contributed by atoms with van der Waals surface area (Å²) in [6.45, 7) is 1.35. The van der Waals surface area contributed by atoms with Crippen LogP contribution in [0.2, 0.25) is 0 Å². The molecular formula is C13H15ClN4OS. The Balaban J connectivity index is 0.00000147. The number of halogens is 1. The van der Waals surface area contributed by atoms with Gasteiger partial charge in [0.15, 0.2) is 0 Å². The van der Waals surface area contributed by atoms with Gasteiger partial charge >= 0.3 is 0 Å². The highest BCUT2D eigenvalue weighted by molar-refractivity contribution is 7.00. The molecule has 1 unspecified atom stereocenters. The van der Waals surface area contributed by atoms with Gasteiger partial charge in [0.2, 0.25) is 5.91 Å². The minimum atomic E-state index is -0.185. The van der Waals surface area contributed by atoms with E-state index < -0.39 is 0 Å².